The zero-order chi connectivity index (χ0) is 17.2. The number of benzene rings is 1. The van der Waals surface area contributed by atoms with Gasteiger partial charge in [-0.3, -0.25) is 4.79 Å². The van der Waals surface area contributed by atoms with Crippen LogP contribution in [0, 0.1) is 23.7 Å². The Labute approximate surface area is 159 Å². The zero-order valence-corrected chi connectivity index (χ0v) is 16.0. The number of halogens is 2. The topological polar surface area (TPSA) is 20.3 Å². The third-order valence-corrected chi connectivity index (χ3v) is 7.96. The van der Waals surface area contributed by atoms with Gasteiger partial charge in [0.1, 0.15) is 0 Å². The summed E-state index contributed by atoms with van der Waals surface area (Å²) in [5, 5.41) is 1.34. The third-order valence-electron chi connectivity index (χ3n) is 7.38. The molecule has 0 N–H and O–H groups in total. The van der Waals surface area contributed by atoms with Gasteiger partial charge in [0.05, 0.1) is 0 Å². The van der Waals surface area contributed by atoms with E-state index < -0.39 is 0 Å². The molecule has 5 fully saturated rings. The number of carbonyl (C=O) groups excluding carboxylic acids is 1. The van der Waals surface area contributed by atoms with Crippen molar-refractivity contribution in [2.45, 2.75) is 56.9 Å². The predicted molar refractivity (Wildman–Crippen MR) is 101 cm³/mol. The molecule has 5 aliphatic rings. The van der Waals surface area contributed by atoms with E-state index in [9.17, 15) is 4.79 Å². The van der Waals surface area contributed by atoms with Crippen molar-refractivity contribution < 1.29 is 4.79 Å². The summed E-state index contributed by atoms with van der Waals surface area (Å²) in [4.78, 5) is 15.6. The van der Waals surface area contributed by atoms with Gasteiger partial charge >= 0.3 is 0 Å². The van der Waals surface area contributed by atoms with Crippen molar-refractivity contribution in [2.24, 2.45) is 23.7 Å². The Morgan fingerprint density at radius 1 is 1.04 bits per heavy atom. The molecule has 4 saturated carbocycles. The molecule has 0 radical (unpaired) electrons. The van der Waals surface area contributed by atoms with Crippen LogP contribution < -0.4 is 0 Å². The van der Waals surface area contributed by atoms with Crippen LogP contribution in [0.5, 0.6) is 0 Å². The Hall–Kier alpha value is -0.730. The quantitative estimate of drug-likeness (QED) is 0.694. The van der Waals surface area contributed by atoms with Crippen molar-refractivity contribution >= 4 is 29.1 Å². The SMILES string of the molecule is O=C1C(Cc2ccc(Cl)cc2Cl)CCN1C12CC3CC(CC(C3)C1)C2. The van der Waals surface area contributed by atoms with Crippen LogP contribution in [0.1, 0.15) is 50.5 Å². The largest absolute Gasteiger partial charge is 0.337 e. The van der Waals surface area contributed by atoms with Gasteiger partial charge in [0.2, 0.25) is 5.91 Å². The molecule has 4 heteroatoms. The van der Waals surface area contributed by atoms with Gasteiger partial charge in [-0.05, 0) is 86.8 Å². The molecule has 6 rings (SSSR count). The summed E-state index contributed by atoms with van der Waals surface area (Å²) < 4.78 is 0. The van der Waals surface area contributed by atoms with Crippen molar-refractivity contribution in [3.8, 4) is 0 Å². The van der Waals surface area contributed by atoms with Gasteiger partial charge in [0.25, 0.3) is 0 Å². The van der Waals surface area contributed by atoms with Crippen LogP contribution >= 0.6 is 23.2 Å². The van der Waals surface area contributed by atoms with Crippen molar-refractivity contribution in [2.75, 3.05) is 6.54 Å². The van der Waals surface area contributed by atoms with E-state index in [2.05, 4.69) is 4.90 Å². The fourth-order valence-electron chi connectivity index (χ4n) is 6.75. The van der Waals surface area contributed by atoms with E-state index in [4.69, 9.17) is 23.2 Å². The standard InChI is InChI=1S/C21H25Cl2NO/c22-18-2-1-16(19(23)9-18)8-17-3-4-24(20(17)25)21-10-13-5-14(11-21)7-15(6-13)12-21/h1-2,9,13-15,17H,3-8,10-12H2. The maximum atomic E-state index is 13.3. The van der Waals surface area contributed by atoms with Gasteiger partial charge < -0.3 is 4.90 Å². The zero-order valence-electron chi connectivity index (χ0n) is 14.5. The lowest BCUT2D eigenvalue weighted by Gasteiger charge is -2.60. The van der Waals surface area contributed by atoms with Crippen LogP contribution in [0.25, 0.3) is 0 Å². The molecule has 1 heterocycles. The third kappa shape index (κ3) is 2.72. The predicted octanol–water partition coefficient (Wildman–Crippen LogP) is 5.35. The minimum Gasteiger partial charge on any atom is -0.337 e. The summed E-state index contributed by atoms with van der Waals surface area (Å²) >= 11 is 12.3. The maximum Gasteiger partial charge on any atom is 0.226 e. The van der Waals surface area contributed by atoms with Crippen LogP contribution in [-0.4, -0.2) is 22.9 Å². The summed E-state index contributed by atoms with van der Waals surface area (Å²) in [5.74, 6) is 3.11. The Morgan fingerprint density at radius 2 is 1.68 bits per heavy atom. The molecule has 1 aromatic carbocycles. The molecule has 25 heavy (non-hydrogen) atoms. The first-order valence-electron chi connectivity index (χ1n) is 9.78. The van der Waals surface area contributed by atoms with Crippen molar-refractivity contribution in [3.05, 3.63) is 33.8 Å². The van der Waals surface area contributed by atoms with Crippen LogP contribution in [0.4, 0.5) is 0 Å². The lowest BCUT2D eigenvalue weighted by atomic mass is 9.52. The molecule has 1 aliphatic heterocycles. The maximum absolute atomic E-state index is 13.3. The second kappa shape index (κ2) is 5.89. The van der Waals surface area contributed by atoms with Gasteiger partial charge in [-0.1, -0.05) is 29.3 Å². The Morgan fingerprint density at radius 3 is 2.28 bits per heavy atom. The first-order chi connectivity index (χ1) is 12.0. The number of hydrogen-bond donors (Lipinski definition) is 0. The molecule has 1 atom stereocenters. The molecular weight excluding hydrogens is 353 g/mol. The molecule has 2 nitrogen and oxygen atoms in total. The van der Waals surface area contributed by atoms with Crippen molar-refractivity contribution in [1.29, 1.82) is 0 Å². The molecule has 0 spiro atoms. The number of amides is 1. The van der Waals surface area contributed by atoms with E-state index >= 15 is 0 Å². The average Bonchev–Trinajstić information content (AvgIpc) is 2.90. The molecule has 4 bridgehead atoms. The minimum atomic E-state index is 0.0895. The fraction of sp³-hybridized carbons (Fsp3) is 0.667. The minimum absolute atomic E-state index is 0.0895. The first-order valence-corrected chi connectivity index (χ1v) is 10.5. The molecular formula is C21H25Cl2NO. The number of rotatable bonds is 3. The first kappa shape index (κ1) is 16.4. The fourth-order valence-corrected chi connectivity index (χ4v) is 7.23. The molecule has 4 aliphatic carbocycles. The highest BCUT2D eigenvalue weighted by Crippen LogP contribution is 2.58. The average molecular weight is 378 g/mol. The Bertz CT molecular complexity index is 681. The summed E-state index contributed by atoms with van der Waals surface area (Å²) in [6.45, 7) is 0.945. The molecule has 0 aromatic heterocycles. The highest BCUT2D eigenvalue weighted by atomic mass is 35.5. The normalized spacial score (nSPS) is 39.4. The summed E-state index contributed by atoms with van der Waals surface area (Å²) in [6, 6.07) is 5.64. The van der Waals surface area contributed by atoms with Gasteiger partial charge in [0.15, 0.2) is 0 Å². The van der Waals surface area contributed by atoms with Crippen molar-refractivity contribution in [3.63, 3.8) is 0 Å². The highest BCUT2D eigenvalue weighted by molar-refractivity contribution is 6.35. The van der Waals surface area contributed by atoms with Gasteiger partial charge in [-0.2, -0.15) is 0 Å². The van der Waals surface area contributed by atoms with Gasteiger partial charge in [0, 0.05) is 28.0 Å². The van der Waals surface area contributed by atoms with Crippen LogP contribution in [0.15, 0.2) is 18.2 Å². The highest BCUT2D eigenvalue weighted by Gasteiger charge is 2.56. The second-order valence-corrected chi connectivity index (χ2v) is 9.90. The second-order valence-electron chi connectivity index (χ2n) is 9.06. The lowest BCUT2D eigenvalue weighted by Crippen LogP contribution is -2.60. The van der Waals surface area contributed by atoms with Crippen LogP contribution in [0.2, 0.25) is 10.0 Å². The Balaban J connectivity index is 1.35. The van der Waals surface area contributed by atoms with Crippen LogP contribution in [-0.2, 0) is 11.2 Å². The summed E-state index contributed by atoms with van der Waals surface area (Å²) in [5.41, 5.74) is 1.25. The monoisotopic (exact) mass is 377 g/mol. The molecule has 1 saturated heterocycles. The summed E-state index contributed by atoms with van der Waals surface area (Å²) in [6.07, 6.45) is 9.77. The molecule has 1 unspecified atom stereocenters. The number of carbonyl (C=O) groups is 1. The number of nitrogens with zero attached hydrogens (tertiary/aromatic N) is 1. The van der Waals surface area contributed by atoms with E-state index in [0.717, 1.165) is 42.7 Å². The van der Waals surface area contributed by atoms with E-state index in [1.807, 2.05) is 12.1 Å². The van der Waals surface area contributed by atoms with Crippen LogP contribution in [0.3, 0.4) is 0 Å². The van der Waals surface area contributed by atoms with E-state index in [0.29, 0.717) is 16.0 Å². The molecule has 134 valence electrons. The smallest absolute Gasteiger partial charge is 0.226 e. The Kier molecular flexibility index (Phi) is 3.87. The molecule has 1 aromatic rings. The van der Waals surface area contributed by atoms with E-state index in [1.54, 1.807) is 6.07 Å². The lowest BCUT2D eigenvalue weighted by molar-refractivity contribution is -0.147. The van der Waals surface area contributed by atoms with Gasteiger partial charge in [-0.25, -0.2) is 0 Å². The number of hydrogen-bond acceptors (Lipinski definition) is 1. The van der Waals surface area contributed by atoms with E-state index in [-0.39, 0.29) is 11.5 Å². The summed E-state index contributed by atoms with van der Waals surface area (Å²) in [7, 11) is 0. The van der Waals surface area contributed by atoms with Gasteiger partial charge in [-0.15, -0.1) is 0 Å². The van der Waals surface area contributed by atoms with E-state index in [1.165, 1.54) is 38.5 Å². The van der Waals surface area contributed by atoms with Crippen molar-refractivity contribution in [1.82, 2.24) is 4.90 Å². The molecule has 1 amide bonds. The number of likely N-dealkylation sites (tertiary alicyclic amines) is 1.